The van der Waals surface area contributed by atoms with Crippen LogP contribution in [0.15, 0.2) is 42.5 Å². The second-order valence-corrected chi connectivity index (χ2v) is 4.27. The lowest BCUT2D eigenvalue weighted by molar-refractivity contribution is 0.0696. The quantitative estimate of drug-likeness (QED) is 0.903. The third-order valence-electron chi connectivity index (χ3n) is 2.85. The number of carboxylic acid groups (broad SMARTS) is 1. The van der Waals surface area contributed by atoms with Crippen LogP contribution in [0.25, 0.3) is 0 Å². The molecule has 0 saturated carbocycles. The molecule has 0 aliphatic rings. The predicted octanol–water partition coefficient (Wildman–Crippen LogP) is 3.08. The molecule has 0 atom stereocenters. The third kappa shape index (κ3) is 2.83. The molecule has 4 nitrogen and oxygen atoms in total. The Labute approximate surface area is 114 Å². The summed E-state index contributed by atoms with van der Waals surface area (Å²) in [4.78, 5) is 22.7. The fraction of sp³-hybridized carbons (Fsp3) is 0.0667. The van der Waals surface area contributed by atoms with Crippen LogP contribution in [0.3, 0.4) is 0 Å². The number of carbonyl (C=O) groups is 2. The summed E-state index contributed by atoms with van der Waals surface area (Å²) in [5.74, 6) is -2.45. The zero-order valence-corrected chi connectivity index (χ0v) is 10.7. The first-order valence-corrected chi connectivity index (χ1v) is 5.89. The van der Waals surface area contributed by atoms with Crippen molar-refractivity contribution in [3.05, 3.63) is 65.0 Å². The van der Waals surface area contributed by atoms with Gasteiger partial charge in [0.25, 0.3) is 5.91 Å². The van der Waals surface area contributed by atoms with Gasteiger partial charge >= 0.3 is 5.97 Å². The van der Waals surface area contributed by atoms with Gasteiger partial charge in [0.15, 0.2) is 0 Å². The van der Waals surface area contributed by atoms with Crippen molar-refractivity contribution in [1.29, 1.82) is 0 Å². The highest BCUT2D eigenvalue weighted by molar-refractivity contribution is 6.05. The Morgan fingerprint density at radius 1 is 1.15 bits per heavy atom. The largest absolute Gasteiger partial charge is 0.478 e. The van der Waals surface area contributed by atoms with Gasteiger partial charge in [0, 0.05) is 5.56 Å². The Morgan fingerprint density at radius 2 is 1.85 bits per heavy atom. The molecule has 0 unspecified atom stereocenters. The molecule has 0 fully saturated rings. The van der Waals surface area contributed by atoms with Crippen LogP contribution in [-0.2, 0) is 0 Å². The van der Waals surface area contributed by atoms with Crippen molar-refractivity contribution in [2.24, 2.45) is 0 Å². The number of aromatic carboxylic acids is 1. The molecule has 0 bridgehead atoms. The van der Waals surface area contributed by atoms with Crippen LogP contribution in [0, 0.1) is 12.7 Å². The first-order chi connectivity index (χ1) is 9.49. The maximum atomic E-state index is 13.7. The lowest BCUT2D eigenvalue weighted by Crippen LogP contribution is -2.14. The van der Waals surface area contributed by atoms with Crippen molar-refractivity contribution in [2.45, 2.75) is 6.92 Å². The molecule has 0 aromatic heterocycles. The van der Waals surface area contributed by atoms with Crippen LogP contribution in [-0.4, -0.2) is 17.0 Å². The van der Waals surface area contributed by atoms with Crippen LogP contribution in [0.5, 0.6) is 0 Å². The minimum absolute atomic E-state index is 0.0525. The Balaban J connectivity index is 2.25. The number of rotatable bonds is 3. The van der Waals surface area contributed by atoms with Gasteiger partial charge in [-0.25, -0.2) is 9.18 Å². The summed E-state index contributed by atoms with van der Waals surface area (Å²) in [5, 5.41) is 11.2. The third-order valence-corrected chi connectivity index (χ3v) is 2.85. The maximum absolute atomic E-state index is 13.7. The molecule has 0 saturated heterocycles. The first kappa shape index (κ1) is 13.7. The van der Waals surface area contributed by atoms with Crippen molar-refractivity contribution < 1.29 is 19.1 Å². The molecular formula is C15H12FNO3. The highest BCUT2D eigenvalue weighted by Crippen LogP contribution is 2.18. The van der Waals surface area contributed by atoms with E-state index in [1.165, 1.54) is 12.1 Å². The Morgan fingerprint density at radius 3 is 2.45 bits per heavy atom. The zero-order valence-electron chi connectivity index (χ0n) is 10.7. The molecule has 2 rings (SSSR count). The van der Waals surface area contributed by atoms with Gasteiger partial charge in [-0.05, 0) is 36.8 Å². The van der Waals surface area contributed by atoms with Gasteiger partial charge in [-0.1, -0.05) is 18.2 Å². The number of anilines is 1. The van der Waals surface area contributed by atoms with Crippen LogP contribution < -0.4 is 5.32 Å². The fourth-order valence-electron chi connectivity index (χ4n) is 1.77. The monoisotopic (exact) mass is 273 g/mol. The molecule has 20 heavy (non-hydrogen) atoms. The van der Waals surface area contributed by atoms with E-state index in [2.05, 4.69) is 5.32 Å². The molecule has 102 valence electrons. The lowest BCUT2D eigenvalue weighted by atomic mass is 10.1. The average Bonchev–Trinajstić information content (AvgIpc) is 2.41. The Bertz CT molecular complexity index is 683. The van der Waals surface area contributed by atoms with Gasteiger partial charge in [0.05, 0.1) is 11.3 Å². The molecule has 2 aromatic carbocycles. The van der Waals surface area contributed by atoms with Gasteiger partial charge in [0.2, 0.25) is 0 Å². The Kier molecular flexibility index (Phi) is 3.79. The molecule has 5 heteroatoms. The minimum Gasteiger partial charge on any atom is -0.478 e. The van der Waals surface area contributed by atoms with Crippen LogP contribution >= 0.6 is 0 Å². The predicted molar refractivity (Wildman–Crippen MR) is 72.5 cm³/mol. The highest BCUT2D eigenvalue weighted by Gasteiger charge is 2.13. The lowest BCUT2D eigenvalue weighted by Gasteiger charge is -2.08. The number of benzene rings is 2. The van der Waals surface area contributed by atoms with Crippen molar-refractivity contribution in [3.8, 4) is 0 Å². The SMILES string of the molecule is Cc1ccccc1C(=O)Nc1ccc(C(=O)O)cc1F. The fourth-order valence-corrected chi connectivity index (χ4v) is 1.77. The summed E-state index contributed by atoms with van der Waals surface area (Å²) >= 11 is 0. The number of hydrogen-bond acceptors (Lipinski definition) is 2. The molecule has 0 heterocycles. The molecule has 2 aromatic rings. The molecule has 0 aliphatic carbocycles. The van der Waals surface area contributed by atoms with Gasteiger partial charge in [0.1, 0.15) is 5.82 Å². The van der Waals surface area contributed by atoms with Gasteiger partial charge in [-0.15, -0.1) is 0 Å². The van der Waals surface area contributed by atoms with Gasteiger partial charge < -0.3 is 10.4 Å². The van der Waals surface area contributed by atoms with E-state index in [0.717, 1.165) is 11.6 Å². The summed E-state index contributed by atoms with van der Waals surface area (Å²) in [6.07, 6.45) is 0. The van der Waals surface area contributed by atoms with Crippen molar-refractivity contribution in [3.63, 3.8) is 0 Å². The van der Waals surface area contributed by atoms with Crippen molar-refractivity contribution in [2.75, 3.05) is 5.32 Å². The van der Waals surface area contributed by atoms with E-state index >= 15 is 0 Å². The number of aryl methyl sites for hydroxylation is 1. The summed E-state index contributed by atoms with van der Waals surface area (Å²) in [7, 11) is 0. The van der Waals surface area contributed by atoms with E-state index in [1.54, 1.807) is 31.2 Å². The van der Waals surface area contributed by atoms with E-state index < -0.39 is 17.7 Å². The molecule has 0 radical (unpaired) electrons. The molecule has 0 aliphatic heterocycles. The highest BCUT2D eigenvalue weighted by atomic mass is 19.1. The summed E-state index contributed by atoms with van der Waals surface area (Å²) in [6, 6.07) is 10.3. The number of carboxylic acids is 1. The number of halogens is 1. The van der Waals surface area contributed by atoms with Gasteiger partial charge in [-0.2, -0.15) is 0 Å². The molecule has 0 spiro atoms. The van der Waals surface area contributed by atoms with Crippen LogP contribution in [0.1, 0.15) is 26.3 Å². The van der Waals surface area contributed by atoms with E-state index in [0.29, 0.717) is 5.56 Å². The summed E-state index contributed by atoms with van der Waals surface area (Å²) in [5.41, 5.74) is 0.987. The number of amides is 1. The molecular weight excluding hydrogens is 261 g/mol. The summed E-state index contributed by atoms with van der Waals surface area (Å²) < 4.78 is 13.7. The second kappa shape index (κ2) is 5.52. The van der Waals surface area contributed by atoms with E-state index in [9.17, 15) is 14.0 Å². The van der Waals surface area contributed by atoms with Crippen LogP contribution in [0.4, 0.5) is 10.1 Å². The number of hydrogen-bond donors (Lipinski definition) is 2. The molecule has 1 amide bonds. The van der Waals surface area contributed by atoms with E-state index in [-0.39, 0.29) is 11.3 Å². The van der Waals surface area contributed by atoms with Crippen molar-refractivity contribution >= 4 is 17.6 Å². The van der Waals surface area contributed by atoms with E-state index in [1.807, 2.05) is 0 Å². The minimum atomic E-state index is -1.22. The van der Waals surface area contributed by atoms with Gasteiger partial charge in [-0.3, -0.25) is 4.79 Å². The number of nitrogens with one attached hydrogen (secondary N) is 1. The second-order valence-electron chi connectivity index (χ2n) is 4.27. The van der Waals surface area contributed by atoms with Crippen molar-refractivity contribution in [1.82, 2.24) is 0 Å². The smallest absolute Gasteiger partial charge is 0.335 e. The molecule has 2 N–H and O–H groups in total. The zero-order chi connectivity index (χ0) is 14.7. The normalized spacial score (nSPS) is 10.1. The Hall–Kier alpha value is -2.69. The van der Waals surface area contributed by atoms with Crippen LogP contribution in [0.2, 0.25) is 0 Å². The first-order valence-electron chi connectivity index (χ1n) is 5.89. The average molecular weight is 273 g/mol. The standard InChI is InChI=1S/C15H12FNO3/c1-9-4-2-3-5-11(9)14(18)17-13-7-6-10(15(19)20)8-12(13)16/h2-8H,1H3,(H,17,18)(H,19,20). The maximum Gasteiger partial charge on any atom is 0.335 e. The topological polar surface area (TPSA) is 66.4 Å². The summed E-state index contributed by atoms with van der Waals surface area (Å²) in [6.45, 7) is 1.78. The van der Waals surface area contributed by atoms with E-state index in [4.69, 9.17) is 5.11 Å². The number of carbonyl (C=O) groups excluding carboxylic acids is 1.